The quantitative estimate of drug-likeness (QED) is 0.467. The van der Waals surface area contributed by atoms with Gasteiger partial charge in [-0.05, 0) is 30.4 Å². The van der Waals surface area contributed by atoms with Crippen molar-refractivity contribution in [3.05, 3.63) is 38.6 Å². The van der Waals surface area contributed by atoms with E-state index in [2.05, 4.69) is 27.5 Å². The molecular weight excluding hydrogens is 414 g/mol. The molecule has 1 saturated carbocycles. The molecule has 1 unspecified atom stereocenters. The van der Waals surface area contributed by atoms with Crippen LogP contribution in [-0.2, 0) is 0 Å². The lowest BCUT2D eigenvalue weighted by Gasteiger charge is -2.16. The van der Waals surface area contributed by atoms with Crippen LogP contribution in [0.2, 0.25) is 20.1 Å². The normalized spacial score (nSPS) is 15.0. The van der Waals surface area contributed by atoms with Crippen molar-refractivity contribution < 1.29 is 0 Å². The van der Waals surface area contributed by atoms with E-state index >= 15 is 0 Å². The molecule has 0 saturated heterocycles. The number of halogens is 4. The first kappa shape index (κ1) is 19.8. The maximum absolute atomic E-state index is 6.45. The van der Waals surface area contributed by atoms with Gasteiger partial charge < -0.3 is 10.6 Å². The van der Waals surface area contributed by atoms with Crippen molar-refractivity contribution in [2.75, 3.05) is 17.2 Å². The number of aromatic nitrogens is 2. The molecule has 0 radical (unpaired) electrons. The molecule has 26 heavy (non-hydrogen) atoms. The zero-order valence-electron chi connectivity index (χ0n) is 14.3. The van der Waals surface area contributed by atoms with Crippen LogP contribution in [0, 0.1) is 11.8 Å². The van der Waals surface area contributed by atoms with Crippen LogP contribution in [0.3, 0.4) is 0 Å². The summed E-state index contributed by atoms with van der Waals surface area (Å²) in [5.41, 5.74) is 0.502. The van der Waals surface area contributed by atoms with Gasteiger partial charge in [0.2, 0.25) is 0 Å². The third-order valence-electron chi connectivity index (χ3n) is 4.42. The zero-order chi connectivity index (χ0) is 18.7. The maximum atomic E-state index is 6.45. The predicted molar refractivity (Wildman–Crippen MR) is 111 cm³/mol. The van der Waals surface area contributed by atoms with E-state index in [9.17, 15) is 0 Å². The van der Waals surface area contributed by atoms with Gasteiger partial charge >= 0.3 is 0 Å². The summed E-state index contributed by atoms with van der Waals surface area (Å²) in [7, 11) is 0. The predicted octanol–water partition coefficient (Wildman–Crippen LogP) is 7.07. The fraction of sp³-hybridized carbons (Fsp3) is 0.444. The van der Waals surface area contributed by atoms with E-state index < -0.39 is 0 Å². The Balaban J connectivity index is 1.67. The number of nitrogens with one attached hydrogen (secondary N) is 2. The topological polar surface area (TPSA) is 49.8 Å². The summed E-state index contributed by atoms with van der Waals surface area (Å²) >= 11 is 24.8. The molecule has 1 aliphatic rings. The first-order chi connectivity index (χ1) is 12.4. The number of benzene rings is 1. The SMILES string of the molecule is CC(CCC1CC1)CNc1ncnc(Nc2c(Cl)cc(Cl)cc2Cl)c1Cl. The van der Waals surface area contributed by atoms with Crippen molar-refractivity contribution in [3.8, 4) is 0 Å². The molecule has 0 bridgehead atoms. The van der Waals surface area contributed by atoms with E-state index in [-0.39, 0.29) is 0 Å². The van der Waals surface area contributed by atoms with Crippen molar-refractivity contribution in [2.45, 2.75) is 32.6 Å². The highest BCUT2D eigenvalue weighted by Gasteiger charge is 2.21. The van der Waals surface area contributed by atoms with Crippen LogP contribution in [0.4, 0.5) is 17.3 Å². The molecule has 0 amide bonds. The molecule has 0 spiro atoms. The molecule has 4 nitrogen and oxygen atoms in total. The summed E-state index contributed by atoms with van der Waals surface area (Å²) in [4.78, 5) is 8.43. The molecule has 3 rings (SSSR count). The summed E-state index contributed by atoms with van der Waals surface area (Å²) in [5, 5.41) is 8.01. The van der Waals surface area contributed by atoms with Gasteiger partial charge in [0.25, 0.3) is 0 Å². The average molecular weight is 434 g/mol. The van der Waals surface area contributed by atoms with E-state index in [1.54, 1.807) is 12.1 Å². The summed E-state index contributed by atoms with van der Waals surface area (Å²) in [6.07, 6.45) is 6.75. The van der Waals surface area contributed by atoms with Crippen LogP contribution in [0.15, 0.2) is 18.5 Å². The third-order valence-corrected chi connectivity index (χ3v) is 5.59. The van der Waals surface area contributed by atoms with Crippen molar-refractivity contribution in [3.63, 3.8) is 0 Å². The Morgan fingerprint density at radius 1 is 1.08 bits per heavy atom. The molecule has 1 aromatic heterocycles. The minimum Gasteiger partial charge on any atom is -0.368 e. The van der Waals surface area contributed by atoms with Crippen LogP contribution in [0.5, 0.6) is 0 Å². The first-order valence-corrected chi connectivity index (χ1v) is 10.1. The largest absolute Gasteiger partial charge is 0.368 e. The maximum Gasteiger partial charge on any atom is 0.154 e. The lowest BCUT2D eigenvalue weighted by molar-refractivity contribution is 0.509. The second kappa shape index (κ2) is 8.83. The molecule has 1 atom stereocenters. The smallest absolute Gasteiger partial charge is 0.154 e. The Morgan fingerprint density at radius 3 is 2.38 bits per heavy atom. The van der Waals surface area contributed by atoms with Crippen LogP contribution in [-0.4, -0.2) is 16.5 Å². The molecule has 2 N–H and O–H groups in total. The third kappa shape index (κ3) is 5.29. The minimum atomic E-state index is 0.389. The number of nitrogens with zero attached hydrogens (tertiary/aromatic N) is 2. The summed E-state index contributed by atoms with van der Waals surface area (Å²) in [6.45, 7) is 3.04. The standard InChI is InChI=1S/C18H20Cl4N4/c1-10(2-3-11-4-5-11)8-23-17-15(22)18(25-9-24-17)26-16-13(20)6-12(19)7-14(16)21/h6-7,9-11H,2-5,8H2,1H3,(H2,23,24,25,26). The van der Waals surface area contributed by atoms with Crippen LogP contribution in [0.1, 0.15) is 32.6 Å². The van der Waals surface area contributed by atoms with Crippen molar-refractivity contribution >= 4 is 63.7 Å². The molecule has 140 valence electrons. The van der Waals surface area contributed by atoms with E-state index in [4.69, 9.17) is 46.4 Å². The second-order valence-corrected chi connectivity index (χ2v) is 8.39. The van der Waals surface area contributed by atoms with Gasteiger partial charge in [0, 0.05) is 11.6 Å². The Kier molecular flexibility index (Phi) is 6.73. The average Bonchev–Trinajstić information content (AvgIpc) is 3.40. The fourth-order valence-electron chi connectivity index (χ4n) is 2.66. The lowest BCUT2D eigenvalue weighted by atomic mass is 10.0. The summed E-state index contributed by atoms with van der Waals surface area (Å²) < 4.78 is 0. The van der Waals surface area contributed by atoms with Gasteiger partial charge in [-0.3, -0.25) is 0 Å². The fourth-order valence-corrected chi connectivity index (χ4v) is 3.78. The number of rotatable bonds is 8. The van der Waals surface area contributed by atoms with Gasteiger partial charge in [-0.25, -0.2) is 9.97 Å². The van der Waals surface area contributed by atoms with Crippen molar-refractivity contribution in [2.24, 2.45) is 11.8 Å². The van der Waals surface area contributed by atoms with Gasteiger partial charge in [-0.2, -0.15) is 0 Å². The lowest BCUT2D eigenvalue weighted by Crippen LogP contribution is -2.13. The highest BCUT2D eigenvalue weighted by Crippen LogP contribution is 2.38. The van der Waals surface area contributed by atoms with Crippen LogP contribution < -0.4 is 10.6 Å². The molecule has 1 aliphatic carbocycles. The van der Waals surface area contributed by atoms with Crippen molar-refractivity contribution in [1.29, 1.82) is 0 Å². The Morgan fingerprint density at radius 2 is 1.73 bits per heavy atom. The summed E-state index contributed by atoms with van der Waals surface area (Å²) in [6, 6.07) is 3.21. The number of hydrogen-bond acceptors (Lipinski definition) is 4. The summed E-state index contributed by atoms with van der Waals surface area (Å²) in [5.74, 6) is 2.52. The first-order valence-electron chi connectivity index (χ1n) is 8.60. The number of hydrogen-bond donors (Lipinski definition) is 2. The second-order valence-electron chi connectivity index (χ2n) is 6.76. The van der Waals surface area contributed by atoms with E-state index in [1.165, 1.54) is 32.0 Å². The Bertz CT molecular complexity index is 757. The van der Waals surface area contributed by atoms with E-state index in [0.717, 1.165) is 12.5 Å². The molecule has 1 aromatic carbocycles. The molecule has 8 heteroatoms. The van der Waals surface area contributed by atoms with E-state index in [0.29, 0.717) is 43.3 Å². The minimum absolute atomic E-state index is 0.389. The highest BCUT2D eigenvalue weighted by atomic mass is 35.5. The van der Waals surface area contributed by atoms with Gasteiger partial charge in [0.1, 0.15) is 17.2 Å². The molecular formula is C18H20Cl4N4. The monoisotopic (exact) mass is 432 g/mol. The van der Waals surface area contributed by atoms with Crippen LogP contribution in [0.25, 0.3) is 0 Å². The molecule has 0 aliphatic heterocycles. The van der Waals surface area contributed by atoms with Gasteiger partial charge in [0.15, 0.2) is 5.82 Å². The Hall–Kier alpha value is -0.940. The zero-order valence-corrected chi connectivity index (χ0v) is 17.4. The highest BCUT2D eigenvalue weighted by molar-refractivity contribution is 6.42. The molecule has 1 heterocycles. The van der Waals surface area contributed by atoms with Gasteiger partial charge in [-0.15, -0.1) is 0 Å². The van der Waals surface area contributed by atoms with Crippen molar-refractivity contribution in [1.82, 2.24) is 9.97 Å². The molecule has 1 fully saturated rings. The van der Waals surface area contributed by atoms with Gasteiger partial charge in [0.05, 0.1) is 15.7 Å². The number of anilines is 3. The van der Waals surface area contributed by atoms with E-state index in [1.807, 2.05) is 0 Å². The Labute approximate surface area is 173 Å². The molecule has 2 aromatic rings. The van der Waals surface area contributed by atoms with Crippen LogP contribution >= 0.6 is 46.4 Å². The van der Waals surface area contributed by atoms with Gasteiger partial charge in [-0.1, -0.05) is 72.6 Å².